The molecule has 1 aromatic heterocycles. The normalized spacial score (nSPS) is 20.9. The first kappa shape index (κ1) is 25.2. The molecule has 4 aromatic rings. The van der Waals surface area contributed by atoms with Crippen LogP contribution in [0.1, 0.15) is 29.0 Å². The van der Waals surface area contributed by atoms with Crippen LogP contribution in [0.4, 0.5) is 4.39 Å². The van der Waals surface area contributed by atoms with Crippen molar-refractivity contribution in [2.75, 3.05) is 20.2 Å². The summed E-state index contributed by atoms with van der Waals surface area (Å²) in [5.74, 6) is -0.431. The number of benzene rings is 3. The number of pyridine rings is 1. The van der Waals surface area contributed by atoms with Gasteiger partial charge in [0.15, 0.2) is 0 Å². The molecule has 0 amide bonds. The topological polar surface area (TPSA) is 54.4 Å². The van der Waals surface area contributed by atoms with Crippen LogP contribution in [-0.2, 0) is 6.42 Å². The minimum Gasteiger partial charge on any atom is -0.481 e. The van der Waals surface area contributed by atoms with Crippen molar-refractivity contribution in [2.45, 2.75) is 24.4 Å². The molecule has 1 fully saturated rings. The van der Waals surface area contributed by atoms with E-state index in [0.29, 0.717) is 36.8 Å². The van der Waals surface area contributed by atoms with Gasteiger partial charge in [0.25, 0.3) is 0 Å². The Balaban J connectivity index is 1.69. The van der Waals surface area contributed by atoms with Crippen molar-refractivity contribution in [2.24, 2.45) is 5.92 Å². The Hall–Kier alpha value is -2.51. The number of fused-ring (bicyclic) bond motifs is 1. The Bertz CT molecular complexity index is 1380. The molecule has 1 aliphatic heterocycles. The molecule has 1 saturated heterocycles. The third-order valence-corrected chi connectivity index (χ3v) is 7.89. The summed E-state index contributed by atoms with van der Waals surface area (Å²) >= 11 is 9.80. The van der Waals surface area contributed by atoms with E-state index in [0.717, 1.165) is 32.1 Å². The zero-order valence-corrected chi connectivity index (χ0v) is 22.2. The first-order chi connectivity index (χ1) is 17.4. The van der Waals surface area contributed by atoms with Gasteiger partial charge in [-0.3, -0.25) is 0 Å². The molecule has 2 heterocycles. The highest BCUT2D eigenvalue weighted by molar-refractivity contribution is 9.10. The van der Waals surface area contributed by atoms with Gasteiger partial charge in [0.1, 0.15) is 5.82 Å². The van der Waals surface area contributed by atoms with Gasteiger partial charge in [-0.1, -0.05) is 51.8 Å². The molecule has 0 aliphatic carbocycles. The van der Waals surface area contributed by atoms with Gasteiger partial charge in [-0.15, -0.1) is 0 Å². The molecule has 3 aromatic carbocycles. The van der Waals surface area contributed by atoms with E-state index < -0.39 is 11.5 Å². The van der Waals surface area contributed by atoms with Gasteiger partial charge in [0.2, 0.25) is 5.88 Å². The molecule has 4 nitrogen and oxygen atoms in total. The van der Waals surface area contributed by atoms with Crippen LogP contribution < -0.4 is 10.1 Å². The highest BCUT2D eigenvalue weighted by Gasteiger charge is 2.47. The van der Waals surface area contributed by atoms with Crippen molar-refractivity contribution in [3.8, 4) is 5.88 Å². The van der Waals surface area contributed by atoms with E-state index >= 15 is 0 Å². The van der Waals surface area contributed by atoms with Crippen LogP contribution in [0.15, 0.2) is 77.3 Å². The summed E-state index contributed by atoms with van der Waals surface area (Å²) < 4.78 is 20.7. The van der Waals surface area contributed by atoms with Crippen molar-refractivity contribution in [3.63, 3.8) is 0 Å². The molecule has 0 radical (unpaired) electrons. The molecule has 186 valence electrons. The predicted octanol–water partition coefficient (Wildman–Crippen LogP) is 6.51. The van der Waals surface area contributed by atoms with E-state index in [1.54, 1.807) is 19.2 Å². The molecule has 36 heavy (non-hydrogen) atoms. The molecule has 3 unspecified atom stereocenters. The number of hydrogen-bond acceptors (Lipinski definition) is 4. The Kier molecular flexibility index (Phi) is 7.31. The van der Waals surface area contributed by atoms with Gasteiger partial charge in [-0.2, -0.15) is 0 Å². The van der Waals surface area contributed by atoms with Crippen molar-refractivity contribution < 1.29 is 14.2 Å². The van der Waals surface area contributed by atoms with E-state index in [1.165, 1.54) is 6.07 Å². The van der Waals surface area contributed by atoms with E-state index in [9.17, 15) is 9.50 Å². The fourth-order valence-corrected chi connectivity index (χ4v) is 5.94. The number of ether oxygens (including phenoxy) is 1. The minimum atomic E-state index is -1.15. The number of halogens is 3. The number of methoxy groups -OCH3 is 1. The second-order valence-corrected chi connectivity index (χ2v) is 10.7. The Labute approximate surface area is 223 Å². The molecule has 0 saturated carbocycles. The fourth-order valence-electron chi connectivity index (χ4n) is 5.43. The van der Waals surface area contributed by atoms with Crippen LogP contribution in [0.5, 0.6) is 5.88 Å². The van der Waals surface area contributed by atoms with Crippen molar-refractivity contribution >= 4 is 38.4 Å². The maximum atomic E-state index is 14.0. The minimum absolute atomic E-state index is 0.184. The SMILES string of the molecule is COc1nc2ccc(Br)cc2cc1C(c1ccc(Cl)cc1)C1(O)CCNCC1Cc1cccc(F)c1. The van der Waals surface area contributed by atoms with Gasteiger partial charge in [0, 0.05) is 38.8 Å². The maximum Gasteiger partial charge on any atom is 0.217 e. The number of nitrogens with zero attached hydrogens (tertiary/aromatic N) is 1. The molecule has 5 rings (SSSR count). The number of hydrogen-bond donors (Lipinski definition) is 2. The first-order valence-electron chi connectivity index (χ1n) is 11.9. The molecule has 1 aliphatic rings. The lowest BCUT2D eigenvalue weighted by molar-refractivity contribution is -0.0544. The Morgan fingerprint density at radius 2 is 1.97 bits per heavy atom. The van der Waals surface area contributed by atoms with Crippen LogP contribution in [-0.4, -0.2) is 35.9 Å². The molecule has 0 bridgehead atoms. The average Bonchev–Trinajstić information content (AvgIpc) is 2.86. The molecular weight excluding hydrogens is 543 g/mol. The molecule has 2 N–H and O–H groups in total. The van der Waals surface area contributed by atoms with E-state index in [4.69, 9.17) is 21.3 Å². The lowest BCUT2D eigenvalue weighted by Crippen LogP contribution is -2.54. The van der Waals surface area contributed by atoms with Gasteiger partial charge in [0.05, 0.1) is 18.2 Å². The van der Waals surface area contributed by atoms with Crippen molar-refractivity contribution in [3.05, 3.63) is 105 Å². The van der Waals surface area contributed by atoms with Crippen LogP contribution in [0.25, 0.3) is 10.9 Å². The zero-order chi connectivity index (χ0) is 25.3. The highest BCUT2D eigenvalue weighted by atomic mass is 79.9. The van der Waals surface area contributed by atoms with Gasteiger partial charge in [-0.25, -0.2) is 9.37 Å². The van der Waals surface area contributed by atoms with Crippen molar-refractivity contribution in [1.82, 2.24) is 10.3 Å². The zero-order valence-electron chi connectivity index (χ0n) is 19.8. The monoisotopic (exact) mass is 568 g/mol. The molecule has 7 heteroatoms. The third-order valence-electron chi connectivity index (χ3n) is 7.15. The standard InChI is InChI=1S/C29H27BrClFN2O2/c1-36-28-25(16-20-15-22(30)7-10-26(20)34-28)27(19-5-8-23(31)9-6-19)29(35)11-12-33-17-21(29)13-18-3-2-4-24(32)14-18/h2-10,14-16,21,27,33,35H,11-13,17H2,1H3. The van der Waals surface area contributed by atoms with E-state index in [-0.39, 0.29) is 11.7 Å². The summed E-state index contributed by atoms with van der Waals surface area (Å²) in [5, 5.41) is 17.6. The Morgan fingerprint density at radius 3 is 2.72 bits per heavy atom. The maximum absolute atomic E-state index is 14.0. The number of aliphatic hydroxyl groups is 1. The number of aromatic nitrogens is 1. The quantitative estimate of drug-likeness (QED) is 0.278. The smallest absolute Gasteiger partial charge is 0.217 e. The second-order valence-electron chi connectivity index (χ2n) is 9.38. The summed E-state index contributed by atoms with van der Waals surface area (Å²) in [6, 6.07) is 22.2. The van der Waals surface area contributed by atoms with Crippen LogP contribution >= 0.6 is 27.5 Å². The highest BCUT2D eigenvalue weighted by Crippen LogP contribution is 2.47. The first-order valence-corrected chi connectivity index (χ1v) is 13.1. The van der Waals surface area contributed by atoms with Gasteiger partial charge >= 0.3 is 0 Å². The Morgan fingerprint density at radius 1 is 1.17 bits per heavy atom. The summed E-state index contributed by atoms with van der Waals surface area (Å²) in [6.07, 6.45) is 1.04. The lowest BCUT2D eigenvalue weighted by Gasteiger charge is -2.46. The van der Waals surface area contributed by atoms with Gasteiger partial charge in [-0.05, 0) is 79.0 Å². The lowest BCUT2D eigenvalue weighted by atomic mass is 9.66. The second kappa shape index (κ2) is 10.5. The molecule has 0 spiro atoms. The van der Waals surface area contributed by atoms with Crippen LogP contribution in [0.3, 0.4) is 0 Å². The predicted molar refractivity (Wildman–Crippen MR) is 145 cm³/mol. The van der Waals surface area contributed by atoms with E-state index in [1.807, 2.05) is 48.5 Å². The summed E-state index contributed by atoms with van der Waals surface area (Å²) in [6.45, 7) is 1.26. The number of piperidine rings is 1. The van der Waals surface area contributed by atoms with E-state index in [2.05, 4.69) is 27.3 Å². The third kappa shape index (κ3) is 5.00. The van der Waals surface area contributed by atoms with Gasteiger partial charge < -0.3 is 15.2 Å². The largest absolute Gasteiger partial charge is 0.481 e. The summed E-state index contributed by atoms with van der Waals surface area (Å²) in [5.41, 5.74) is 2.23. The molecular formula is C29H27BrClFN2O2. The molecule has 3 atom stereocenters. The van der Waals surface area contributed by atoms with Crippen molar-refractivity contribution in [1.29, 1.82) is 0 Å². The number of rotatable bonds is 6. The average molecular weight is 570 g/mol. The summed E-state index contributed by atoms with van der Waals surface area (Å²) in [4.78, 5) is 4.80. The summed E-state index contributed by atoms with van der Waals surface area (Å²) in [7, 11) is 1.60. The van der Waals surface area contributed by atoms with Crippen LogP contribution in [0.2, 0.25) is 5.02 Å². The van der Waals surface area contributed by atoms with Crippen LogP contribution in [0, 0.1) is 11.7 Å². The number of nitrogens with one attached hydrogen (secondary N) is 1. The fraction of sp³-hybridized carbons (Fsp3) is 0.276.